The van der Waals surface area contributed by atoms with Crippen LogP contribution < -0.4 is 0 Å². The lowest BCUT2D eigenvalue weighted by atomic mass is 10.4. The average Bonchev–Trinajstić information content (AvgIpc) is 2.34. The van der Waals surface area contributed by atoms with E-state index in [0.717, 1.165) is 0 Å². The minimum Gasteiger partial charge on any atom is -0.162 e. The minimum absolute atomic E-state index is 1.26. The smallest absolute Gasteiger partial charge is 0.00719 e. The molecule has 90 valence electrons. The molecule has 0 bridgehead atoms. The molecule has 16 heavy (non-hydrogen) atoms. The van der Waals surface area contributed by atoms with Crippen molar-refractivity contribution in [2.45, 2.75) is 37.5 Å². The van der Waals surface area contributed by atoms with Gasteiger partial charge in [-0.2, -0.15) is 11.8 Å². The SMILES string of the molecule is CCCCSCCCCSc1ccccc1. The van der Waals surface area contributed by atoms with Gasteiger partial charge >= 0.3 is 0 Å². The Balaban J connectivity index is 1.89. The standard InChI is InChI=1S/C14H22S2/c1-2-3-11-15-12-7-8-13-16-14-9-5-4-6-10-14/h4-6,9-10H,2-3,7-8,11-13H2,1H3. The van der Waals surface area contributed by atoms with Gasteiger partial charge in [-0.3, -0.25) is 0 Å². The molecule has 0 aliphatic rings. The van der Waals surface area contributed by atoms with E-state index in [1.807, 2.05) is 11.8 Å². The first-order valence-corrected chi connectivity index (χ1v) is 8.33. The first kappa shape index (κ1) is 14.0. The van der Waals surface area contributed by atoms with E-state index in [-0.39, 0.29) is 0 Å². The maximum absolute atomic E-state index is 2.26. The number of rotatable bonds is 9. The van der Waals surface area contributed by atoms with Crippen LogP contribution in [0.25, 0.3) is 0 Å². The summed E-state index contributed by atoms with van der Waals surface area (Å²) in [5, 5.41) is 0. The number of benzene rings is 1. The molecule has 0 spiro atoms. The second-order valence-electron chi connectivity index (χ2n) is 3.83. The van der Waals surface area contributed by atoms with Crippen molar-refractivity contribution in [2.24, 2.45) is 0 Å². The van der Waals surface area contributed by atoms with Crippen molar-refractivity contribution in [3.8, 4) is 0 Å². The Morgan fingerprint density at radius 2 is 1.56 bits per heavy atom. The molecule has 0 unspecified atom stereocenters. The van der Waals surface area contributed by atoms with Crippen molar-refractivity contribution in [3.63, 3.8) is 0 Å². The van der Waals surface area contributed by atoms with Crippen molar-refractivity contribution in [2.75, 3.05) is 17.3 Å². The zero-order valence-corrected chi connectivity index (χ0v) is 11.8. The number of hydrogen-bond acceptors (Lipinski definition) is 2. The van der Waals surface area contributed by atoms with Crippen molar-refractivity contribution in [1.29, 1.82) is 0 Å². The Bertz CT molecular complexity index is 246. The molecule has 0 N–H and O–H groups in total. The second kappa shape index (κ2) is 10.1. The van der Waals surface area contributed by atoms with Crippen LogP contribution >= 0.6 is 23.5 Å². The molecule has 0 heterocycles. The monoisotopic (exact) mass is 254 g/mol. The molecule has 0 saturated heterocycles. The molecular formula is C14H22S2. The van der Waals surface area contributed by atoms with E-state index in [0.29, 0.717) is 0 Å². The largest absolute Gasteiger partial charge is 0.162 e. The van der Waals surface area contributed by atoms with Gasteiger partial charge in [0.1, 0.15) is 0 Å². The molecule has 0 amide bonds. The lowest BCUT2D eigenvalue weighted by Crippen LogP contribution is -1.86. The van der Waals surface area contributed by atoms with Crippen LogP contribution in [0, 0.1) is 0 Å². The molecule has 0 aliphatic carbocycles. The minimum atomic E-state index is 1.26. The fraction of sp³-hybridized carbons (Fsp3) is 0.571. The first-order chi connectivity index (χ1) is 7.93. The van der Waals surface area contributed by atoms with Gasteiger partial charge in [0, 0.05) is 4.90 Å². The van der Waals surface area contributed by atoms with Gasteiger partial charge in [0.2, 0.25) is 0 Å². The highest BCUT2D eigenvalue weighted by atomic mass is 32.2. The predicted octanol–water partition coefficient (Wildman–Crippen LogP) is 5.09. The van der Waals surface area contributed by atoms with Gasteiger partial charge in [-0.15, -0.1) is 11.8 Å². The molecule has 0 fully saturated rings. The van der Waals surface area contributed by atoms with Crippen molar-refractivity contribution in [3.05, 3.63) is 30.3 Å². The van der Waals surface area contributed by atoms with E-state index in [1.54, 1.807) is 0 Å². The Kier molecular flexibility index (Phi) is 8.83. The van der Waals surface area contributed by atoms with Gasteiger partial charge in [0.25, 0.3) is 0 Å². The summed E-state index contributed by atoms with van der Waals surface area (Å²) in [7, 11) is 0. The summed E-state index contributed by atoms with van der Waals surface area (Å²) in [6.45, 7) is 2.26. The predicted molar refractivity (Wildman–Crippen MR) is 78.6 cm³/mol. The second-order valence-corrected chi connectivity index (χ2v) is 6.23. The van der Waals surface area contributed by atoms with Gasteiger partial charge < -0.3 is 0 Å². The molecule has 0 nitrogen and oxygen atoms in total. The first-order valence-electron chi connectivity index (χ1n) is 6.19. The fourth-order valence-electron chi connectivity index (χ4n) is 1.36. The summed E-state index contributed by atoms with van der Waals surface area (Å²) in [5.41, 5.74) is 0. The van der Waals surface area contributed by atoms with E-state index in [4.69, 9.17) is 0 Å². The van der Waals surface area contributed by atoms with Crippen molar-refractivity contribution < 1.29 is 0 Å². The molecule has 1 rings (SSSR count). The highest BCUT2D eigenvalue weighted by Crippen LogP contribution is 2.19. The van der Waals surface area contributed by atoms with Gasteiger partial charge in [-0.1, -0.05) is 31.5 Å². The maximum Gasteiger partial charge on any atom is 0.00719 e. The molecule has 1 aromatic carbocycles. The van der Waals surface area contributed by atoms with E-state index >= 15 is 0 Å². The van der Waals surface area contributed by atoms with Crippen LogP contribution in [-0.4, -0.2) is 17.3 Å². The van der Waals surface area contributed by atoms with E-state index in [2.05, 4.69) is 49.0 Å². The topological polar surface area (TPSA) is 0 Å². The summed E-state index contributed by atoms with van der Waals surface area (Å²) in [4.78, 5) is 1.40. The zero-order valence-electron chi connectivity index (χ0n) is 10.2. The van der Waals surface area contributed by atoms with E-state index < -0.39 is 0 Å². The number of unbranched alkanes of at least 4 members (excludes halogenated alkanes) is 2. The summed E-state index contributed by atoms with van der Waals surface area (Å²) in [5.74, 6) is 3.95. The van der Waals surface area contributed by atoms with Crippen LogP contribution in [0.1, 0.15) is 32.6 Å². The third-order valence-corrected chi connectivity index (χ3v) is 4.59. The third kappa shape index (κ3) is 7.24. The molecule has 1 aromatic rings. The van der Waals surface area contributed by atoms with Crippen LogP contribution in [0.5, 0.6) is 0 Å². The van der Waals surface area contributed by atoms with Gasteiger partial charge in [-0.05, 0) is 48.7 Å². The lowest BCUT2D eigenvalue weighted by molar-refractivity contribution is 0.883. The fourth-order valence-corrected chi connectivity index (χ4v) is 3.40. The lowest BCUT2D eigenvalue weighted by Gasteiger charge is -2.02. The zero-order chi connectivity index (χ0) is 11.5. The number of thioether (sulfide) groups is 2. The summed E-state index contributed by atoms with van der Waals surface area (Å²) < 4.78 is 0. The summed E-state index contributed by atoms with van der Waals surface area (Å²) in [6, 6.07) is 10.7. The normalized spacial score (nSPS) is 10.6. The number of hydrogen-bond donors (Lipinski definition) is 0. The average molecular weight is 254 g/mol. The summed E-state index contributed by atoms with van der Waals surface area (Å²) in [6.07, 6.45) is 5.42. The molecule has 0 aliphatic heterocycles. The van der Waals surface area contributed by atoms with E-state index in [1.165, 1.54) is 47.8 Å². The highest BCUT2D eigenvalue weighted by Gasteiger charge is 1.93. The Labute approximate surface area is 109 Å². The highest BCUT2D eigenvalue weighted by molar-refractivity contribution is 7.99. The summed E-state index contributed by atoms with van der Waals surface area (Å²) >= 11 is 4.09. The van der Waals surface area contributed by atoms with Crippen molar-refractivity contribution >= 4 is 23.5 Å². The molecule has 0 radical (unpaired) electrons. The van der Waals surface area contributed by atoms with Crippen molar-refractivity contribution in [1.82, 2.24) is 0 Å². The van der Waals surface area contributed by atoms with Crippen LogP contribution in [-0.2, 0) is 0 Å². The molecule has 0 saturated carbocycles. The van der Waals surface area contributed by atoms with Gasteiger partial charge in [-0.25, -0.2) is 0 Å². The van der Waals surface area contributed by atoms with Crippen LogP contribution in [0.3, 0.4) is 0 Å². The molecular weight excluding hydrogens is 232 g/mol. The Hall–Kier alpha value is -0.0800. The van der Waals surface area contributed by atoms with Gasteiger partial charge in [0.15, 0.2) is 0 Å². The third-order valence-electron chi connectivity index (χ3n) is 2.34. The maximum atomic E-state index is 2.26. The van der Waals surface area contributed by atoms with Gasteiger partial charge in [0.05, 0.1) is 0 Å². The van der Waals surface area contributed by atoms with Crippen LogP contribution in [0.4, 0.5) is 0 Å². The Morgan fingerprint density at radius 3 is 2.31 bits per heavy atom. The molecule has 0 atom stereocenters. The Morgan fingerprint density at radius 1 is 0.875 bits per heavy atom. The van der Waals surface area contributed by atoms with Crippen LogP contribution in [0.2, 0.25) is 0 Å². The van der Waals surface area contributed by atoms with Crippen LogP contribution in [0.15, 0.2) is 35.2 Å². The molecule has 0 aromatic heterocycles. The van der Waals surface area contributed by atoms with E-state index in [9.17, 15) is 0 Å². The molecule has 2 heteroatoms. The quantitative estimate of drug-likeness (QED) is 0.444.